The van der Waals surface area contributed by atoms with E-state index in [4.69, 9.17) is 9.84 Å². The number of nitrogens with one attached hydrogen (secondary N) is 1. The Balaban J connectivity index is 2.55. The fourth-order valence-electron chi connectivity index (χ4n) is 1.46. The highest BCUT2D eigenvalue weighted by Crippen LogP contribution is 2.18. The molecule has 1 heterocycles. The van der Waals surface area contributed by atoms with Crippen molar-refractivity contribution in [3.05, 3.63) is 0 Å². The number of aliphatic hydroxyl groups is 3. The van der Waals surface area contributed by atoms with Crippen LogP contribution in [0.25, 0.3) is 0 Å². The van der Waals surface area contributed by atoms with Crippen molar-refractivity contribution >= 4 is 5.91 Å². The molecule has 82 valence electrons. The first-order chi connectivity index (χ1) is 6.54. The largest absolute Gasteiger partial charge is 0.394 e. The molecular formula is C8H15NO5. The second kappa shape index (κ2) is 4.70. The van der Waals surface area contributed by atoms with Gasteiger partial charge < -0.3 is 25.4 Å². The summed E-state index contributed by atoms with van der Waals surface area (Å²) >= 11 is 0. The molecule has 0 bridgehead atoms. The molecule has 0 spiro atoms. The molecule has 0 saturated carbocycles. The van der Waals surface area contributed by atoms with E-state index >= 15 is 0 Å². The van der Waals surface area contributed by atoms with E-state index in [1.54, 1.807) is 0 Å². The van der Waals surface area contributed by atoms with E-state index in [1.807, 2.05) is 0 Å². The quantitative estimate of drug-likeness (QED) is 0.416. The van der Waals surface area contributed by atoms with Gasteiger partial charge in [-0.1, -0.05) is 0 Å². The normalized spacial score (nSPS) is 38.0. The Morgan fingerprint density at radius 2 is 2.21 bits per heavy atom. The molecule has 6 heteroatoms. The summed E-state index contributed by atoms with van der Waals surface area (Å²) in [5.41, 5.74) is 0. The summed E-state index contributed by atoms with van der Waals surface area (Å²) in [7, 11) is 0. The molecular weight excluding hydrogens is 190 g/mol. The Bertz CT molecular complexity index is 198. The van der Waals surface area contributed by atoms with E-state index in [-0.39, 0.29) is 18.9 Å². The van der Waals surface area contributed by atoms with Gasteiger partial charge in [0.25, 0.3) is 0 Å². The van der Waals surface area contributed by atoms with Crippen LogP contribution in [0.4, 0.5) is 0 Å². The van der Waals surface area contributed by atoms with Gasteiger partial charge >= 0.3 is 0 Å². The molecule has 1 aliphatic rings. The fraction of sp³-hybridized carbons (Fsp3) is 0.875. The average Bonchev–Trinajstić information content (AvgIpc) is 2.10. The van der Waals surface area contributed by atoms with E-state index in [9.17, 15) is 15.0 Å². The van der Waals surface area contributed by atoms with E-state index in [0.717, 1.165) is 0 Å². The molecule has 0 radical (unpaired) electrons. The molecule has 1 saturated heterocycles. The third-order valence-electron chi connectivity index (χ3n) is 2.13. The maximum Gasteiger partial charge on any atom is 0.217 e. The van der Waals surface area contributed by atoms with E-state index in [0.29, 0.717) is 0 Å². The van der Waals surface area contributed by atoms with Gasteiger partial charge in [0.05, 0.1) is 18.8 Å². The minimum absolute atomic E-state index is 0.193. The second-order valence-corrected chi connectivity index (χ2v) is 3.36. The maximum absolute atomic E-state index is 10.7. The van der Waals surface area contributed by atoms with Gasteiger partial charge in [-0.15, -0.1) is 0 Å². The van der Waals surface area contributed by atoms with Gasteiger partial charge in [-0.25, -0.2) is 0 Å². The van der Waals surface area contributed by atoms with Crippen LogP contribution in [0.1, 0.15) is 13.3 Å². The summed E-state index contributed by atoms with van der Waals surface area (Å²) in [6.45, 7) is 1.03. The third kappa shape index (κ3) is 2.65. The lowest BCUT2D eigenvalue weighted by atomic mass is 10.0. The third-order valence-corrected chi connectivity index (χ3v) is 2.13. The lowest BCUT2D eigenvalue weighted by Crippen LogP contribution is -2.57. The first-order valence-electron chi connectivity index (χ1n) is 4.44. The van der Waals surface area contributed by atoms with Gasteiger partial charge in [-0.05, 0) is 0 Å². The maximum atomic E-state index is 10.7. The number of rotatable bonds is 2. The SMILES string of the molecule is CC(=O)NC1[C@H](O)OC(CO)C[C@@H]1O. The van der Waals surface area contributed by atoms with Crippen molar-refractivity contribution in [1.29, 1.82) is 0 Å². The second-order valence-electron chi connectivity index (χ2n) is 3.36. The van der Waals surface area contributed by atoms with Gasteiger partial charge in [-0.2, -0.15) is 0 Å². The molecule has 2 unspecified atom stereocenters. The van der Waals surface area contributed by atoms with Crippen molar-refractivity contribution in [3.8, 4) is 0 Å². The summed E-state index contributed by atoms with van der Waals surface area (Å²) in [6, 6.07) is -0.824. The van der Waals surface area contributed by atoms with Crippen LogP contribution in [0.15, 0.2) is 0 Å². The molecule has 6 nitrogen and oxygen atoms in total. The number of aliphatic hydroxyl groups excluding tert-OH is 3. The Kier molecular flexibility index (Phi) is 3.82. The summed E-state index contributed by atoms with van der Waals surface area (Å²) in [5.74, 6) is -0.348. The molecule has 0 aliphatic carbocycles. The molecule has 1 amide bonds. The van der Waals surface area contributed by atoms with E-state index in [2.05, 4.69) is 5.32 Å². The lowest BCUT2D eigenvalue weighted by Gasteiger charge is -2.36. The summed E-state index contributed by atoms with van der Waals surface area (Å²) in [5, 5.41) is 30.0. The molecule has 0 aromatic heterocycles. The van der Waals surface area contributed by atoms with Crippen molar-refractivity contribution in [2.45, 2.75) is 37.9 Å². The van der Waals surface area contributed by atoms with E-state index in [1.165, 1.54) is 6.92 Å². The fourth-order valence-corrected chi connectivity index (χ4v) is 1.46. The zero-order valence-electron chi connectivity index (χ0n) is 7.88. The lowest BCUT2D eigenvalue weighted by molar-refractivity contribution is -0.214. The number of hydrogen-bond donors (Lipinski definition) is 4. The average molecular weight is 205 g/mol. The predicted molar refractivity (Wildman–Crippen MR) is 46.2 cm³/mol. The molecule has 0 aromatic carbocycles. The first kappa shape index (κ1) is 11.4. The number of carbonyl (C=O) groups excluding carboxylic acids is 1. The highest BCUT2D eigenvalue weighted by molar-refractivity contribution is 5.73. The van der Waals surface area contributed by atoms with Crippen molar-refractivity contribution < 1.29 is 24.9 Å². The number of ether oxygens (including phenoxy) is 1. The minimum Gasteiger partial charge on any atom is -0.394 e. The van der Waals surface area contributed by atoms with Gasteiger partial charge in [0.1, 0.15) is 6.04 Å². The van der Waals surface area contributed by atoms with Crippen LogP contribution in [0.2, 0.25) is 0 Å². The van der Waals surface area contributed by atoms with Gasteiger partial charge in [0.2, 0.25) is 5.91 Å². The minimum atomic E-state index is -1.28. The van der Waals surface area contributed by atoms with Crippen molar-refractivity contribution in [2.75, 3.05) is 6.61 Å². The Hall–Kier alpha value is -0.690. The smallest absolute Gasteiger partial charge is 0.217 e. The van der Waals surface area contributed by atoms with Crippen LogP contribution in [-0.2, 0) is 9.53 Å². The molecule has 1 fully saturated rings. The standard InChI is InChI=1S/C8H15NO5/c1-4(11)9-7-6(12)2-5(3-10)14-8(7)13/h5-8,10,12-13H,2-3H2,1H3,(H,9,11)/t5?,6-,7?,8+/m0/s1. The van der Waals surface area contributed by atoms with Crippen LogP contribution in [0.3, 0.4) is 0 Å². The molecule has 1 aliphatic heterocycles. The molecule has 4 atom stereocenters. The molecule has 4 N–H and O–H groups in total. The zero-order chi connectivity index (χ0) is 10.7. The van der Waals surface area contributed by atoms with Crippen molar-refractivity contribution in [2.24, 2.45) is 0 Å². The monoisotopic (exact) mass is 205 g/mol. The molecule has 0 aromatic rings. The van der Waals surface area contributed by atoms with Gasteiger partial charge in [-0.3, -0.25) is 4.79 Å². The Labute approximate surface area is 81.5 Å². The van der Waals surface area contributed by atoms with Crippen LogP contribution < -0.4 is 5.32 Å². The number of hydrogen-bond acceptors (Lipinski definition) is 5. The molecule has 1 rings (SSSR count). The summed E-state index contributed by atoms with van der Waals surface area (Å²) in [6.07, 6.45) is -2.57. The van der Waals surface area contributed by atoms with Gasteiger partial charge in [0.15, 0.2) is 6.29 Å². The Morgan fingerprint density at radius 3 is 2.64 bits per heavy atom. The highest BCUT2D eigenvalue weighted by atomic mass is 16.6. The highest BCUT2D eigenvalue weighted by Gasteiger charge is 2.36. The van der Waals surface area contributed by atoms with Crippen LogP contribution in [0, 0.1) is 0 Å². The number of carbonyl (C=O) groups is 1. The summed E-state index contributed by atoms with van der Waals surface area (Å²) in [4.78, 5) is 10.7. The zero-order valence-corrected chi connectivity index (χ0v) is 7.88. The van der Waals surface area contributed by atoms with Crippen LogP contribution >= 0.6 is 0 Å². The van der Waals surface area contributed by atoms with Crippen molar-refractivity contribution in [1.82, 2.24) is 5.32 Å². The van der Waals surface area contributed by atoms with Crippen LogP contribution in [0.5, 0.6) is 0 Å². The van der Waals surface area contributed by atoms with E-state index < -0.39 is 24.5 Å². The topological polar surface area (TPSA) is 99.0 Å². The predicted octanol–water partition coefficient (Wildman–Crippen LogP) is -2.05. The van der Waals surface area contributed by atoms with Gasteiger partial charge in [0, 0.05) is 13.3 Å². The van der Waals surface area contributed by atoms with Crippen molar-refractivity contribution in [3.63, 3.8) is 0 Å². The molecule has 14 heavy (non-hydrogen) atoms. The first-order valence-corrected chi connectivity index (χ1v) is 4.44. The summed E-state index contributed by atoms with van der Waals surface area (Å²) < 4.78 is 4.95. The van der Waals surface area contributed by atoms with Crippen LogP contribution in [-0.4, -0.2) is 52.4 Å². The number of amides is 1. The Morgan fingerprint density at radius 1 is 1.57 bits per heavy atom.